The van der Waals surface area contributed by atoms with Gasteiger partial charge in [-0.1, -0.05) is 23.3 Å². The van der Waals surface area contributed by atoms with Crippen LogP contribution in [-0.4, -0.2) is 72.6 Å². The van der Waals surface area contributed by atoms with Gasteiger partial charge in [0.05, 0.1) is 5.69 Å². The number of anilines is 1. The van der Waals surface area contributed by atoms with E-state index in [1.165, 1.54) is 0 Å². The number of nitrogens with zero attached hydrogens (tertiary/aromatic N) is 8. The van der Waals surface area contributed by atoms with Crippen LogP contribution in [0.2, 0.25) is 0 Å². The lowest BCUT2D eigenvalue weighted by atomic mass is 10.1. The standard InChI is InChI=1S/C18H17N9O/c28-17(13-6-7-15-16(12-13)20-22-19-15)25-8-10-26(11-9-25)18-21-23-24-27(18)14-4-2-1-3-5-14/h1-7,12H,8-11H2,(H,19,20,22). The molecule has 0 spiro atoms. The molecule has 0 aliphatic carbocycles. The molecule has 0 saturated carbocycles. The Morgan fingerprint density at radius 3 is 2.54 bits per heavy atom. The first-order valence-electron chi connectivity index (χ1n) is 8.98. The Kier molecular flexibility index (Phi) is 3.93. The van der Waals surface area contributed by atoms with Gasteiger partial charge < -0.3 is 9.80 Å². The van der Waals surface area contributed by atoms with Crippen molar-refractivity contribution in [3.63, 3.8) is 0 Å². The Labute approximate surface area is 159 Å². The van der Waals surface area contributed by atoms with Gasteiger partial charge in [-0.25, -0.2) is 0 Å². The predicted molar refractivity (Wildman–Crippen MR) is 101 cm³/mol. The quantitative estimate of drug-likeness (QED) is 0.566. The predicted octanol–water partition coefficient (Wildman–Crippen LogP) is 0.896. The SMILES string of the molecule is O=C(c1ccc2n[nH]nc2c1)N1CCN(c2nnnn2-c2ccccc2)CC1. The second kappa shape index (κ2) is 6.72. The number of rotatable bonds is 3. The maximum atomic E-state index is 12.9. The number of H-pyrrole nitrogens is 1. The molecule has 0 unspecified atom stereocenters. The normalized spacial score (nSPS) is 14.6. The second-order valence-corrected chi connectivity index (χ2v) is 6.53. The Morgan fingerprint density at radius 1 is 0.929 bits per heavy atom. The zero-order valence-electron chi connectivity index (χ0n) is 14.9. The van der Waals surface area contributed by atoms with Crippen molar-refractivity contribution < 1.29 is 4.79 Å². The summed E-state index contributed by atoms with van der Waals surface area (Å²) in [4.78, 5) is 16.8. The van der Waals surface area contributed by atoms with Crippen LogP contribution >= 0.6 is 0 Å². The van der Waals surface area contributed by atoms with Crippen LogP contribution in [0.15, 0.2) is 48.5 Å². The molecule has 1 aliphatic heterocycles. The average molecular weight is 375 g/mol. The third kappa shape index (κ3) is 2.84. The van der Waals surface area contributed by atoms with Crippen LogP contribution in [0, 0.1) is 0 Å². The molecule has 1 N–H and O–H groups in total. The zero-order chi connectivity index (χ0) is 18.9. The first-order valence-corrected chi connectivity index (χ1v) is 8.98. The molecule has 140 valence electrons. The van der Waals surface area contributed by atoms with Gasteiger partial charge in [0.25, 0.3) is 5.91 Å². The topological polar surface area (TPSA) is 109 Å². The summed E-state index contributed by atoms with van der Waals surface area (Å²) in [6.07, 6.45) is 0. The van der Waals surface area contributed by atoms with Crippen LogP contribution in [0.25, 0.3) is 16.7 Å². The van der Waals surface area contributed by atoms with E-state index in [0.29, 0.717) is 43.2 Å². The fourth-order valence-electron chi connectivity index (χ4n) is 3.38. The number of amides is 1. The van der Waals surface area contributed by atoms with Gasteiger partial charge in [0, 0.05) is 31.7 Å². The number of tetrazole rings is 1. The van der Waals surface area contributed by atoms with Crippen LogP contribution in [-0.2, 0) is 0 Å². The highest BCUT2D eigenvalue weighted by atomic mass is 16.2. The van der Waals surface area contributed by atoms with Crippen molar-refractivity contribution in [2.75, 3.05) is 31.1 Å². The molecule has 10 heteroatoms. The first kappa shape index (κ1) is 16.4. The van der Waals surface area contributed by atoms with Crippen molar-refractivity contribution in [1.82, 2.24) is 40.5 Å². The van der Waals surface area contributed by atoms with Gasteiger partial charge in [-0.2, -0.15) is 20.1 Å². The third-order valence-electron chi connectivity index (χ3n) is 4.87. The van der Waals surface area contributed by atoms with Crippen molar-refractivity contribution >= 4 is 22.9 Å². The van der Waals surface area contributed by atoms with Gasteiger partial charge in [0.15, 0.2) is 0 Å². The van der Waals surface area contributed by atoms with Gasteiger partial charge in [0.2, 0.25) is 5.95 Å². The summed E-state index contributed by atoms with van der Waals surface area (Å²) >= 11 is 0. The van der Waals surface area contributed by atoms with E-state index in [9.17, 15) is 4.79 Å². The highest BCUT2D eigenvalue weighted by Gasteiger charge is 2.25. The molecule has 2 aromatic heterocycles. The monoisotopic (exact) mass is 375 g/mol. The van der Waals surface area contributed by atoms with Crippen molar-refractivity contribution in [2.45, 2.75) is 0 Å². The molecule has 28 heavy (non-hydrogen) atoms. The first-order chi connectivity index (χ1) is 13.8. The zero-order valence-corrected chi connectivity index (χ0v) is 14.9. The maximum absolute atomic E-state index is 12.9. The summed E-state index contributed by atoms with van der Waals surface area (Å²) in [6.45, 7) is 2.50. The van der Waals surface area contributed by atoms with E-state index >= 15 is 0 Å². The number of aromatic amines is 1. The number of hydrogen-bond acceptors (Lipinski definition) is 7. The molecule has 1 fully saturated rings. The summed E-state index contributed by atoms with van der Waals surface area (Å²) in [5, 5.41) is 22.7. The van der Waals surface area contributed by atoms with Crippen LogP contribution in [0.4, 0.5) is 5.95 Å². The van der Waals surface area contributed by atoms with E-state index in [0.717, 1.165) is 11.2 Å². The van der Waals surface area contributed by atoms with Crippen molar-refractivity contribution in [3.05, 3.63) is 54.1 Å². The lowest BCUT2D eigenvalue weighted by Gasteiger charge is -2.34. The fourth-order valence-corrected chi connectivity index (χ4v) is 3.38. The molecule has 0 bridgehead atoms. The minimum absolute atomic E-state index is 0.00722. The van der Waals surface area contributed by atoms with Gasteiger partial charge in [0.1, 0.15) is 11.0 Å². The molecule has 4 aromatic rings. The summed E-state index contributed by atoms with van der Waals surface area (Å²) in [7, 11) is 0. The van der Waals surface area contributed by atoms with E-state index in [-0.39, 0.29) is 5.91 Å². The number of carbonyl (C=O) groups is 1. The maximum Gasteiger partial charge on any atom is 0.254 e. The van der Waals surface area contributed by atoms with Crippen molar-refractivity contribution in [2.24, 2.45) is 0 Å². The lowest BCUT2D eigenvalue weighted by Crippen LogP contribution is -2.49. The number of fused-ring (bicyclic) bond motifs is 1. The fraction of sp³-hybridized carbons (Fsp3) is 0.222. The highest BCUT2D eigenvalue weighted by Crippen LogP contribution is 2.19. The van der Waals surface area contributed by atoms with E-state index in [4.69, 9.17) is 0 Å². The Bertz CT molecular complexity index is 1110. The van der Waals surface area contributed by atoms with E-state index < -0.39 is 0 Å². The minimum atomic E-state index is -0.00722. The van der Waals surface area contributed by atoms with Gasteiger partial charge in [-0.15, -0.1) is 0 Å². The van der Waals surface area contributed by atoms with Gasteiger partial charge in [-0.05, 0) is 40.8 Å². The number of benzene rings is 2. The van der Waals surface area contributed by atoms with Crippen molar-refractivity contribution in [3.8, 4) is 5.69 Å². The lowest BCUT2D eigenvalue weighted by molar-refractivity contribution is 0.0746. The molecule has 1 amide bonds. The molecule has 0 radical (unpaired) electrons. The van der Waals surface area contributed by atoms with E-state index in [1.807, 2.05) is 35.2 Å². The molecule has 2 aromatic carbocycles. The highest BCUT2D eigenvalue weighted by molar-refractivity contribution is 5.97. The molecule has 10 nitrogen and oxygen atoms in total. The van der Waals surface area contributed by atoms with Crippen LogP contribution in [0.5, 0.6) is 0 Å². The van der Waals surface area contributed by atoms with Crippen LogP contribution in [0.3, 0.4) is 0 Å². The molecule has 0 atom stereocenters. The summed E-state index contributed by atoms with van der Waals surface area (Å²) in [5.41, 5.74) is 2.95. The molecule has 3 heterocycles. The van der Waals surface area contributed by atoms with Gasteiger partial charge >= 0.3 is 0 Å². The Morgan fingerprint density at radius 2 is 1.71 bits per heavy atom. The molecular weight excluding hydrogens is 358 g/mol. The number of piperazine rings is 1. The largest absolute Gasteiger partial charge is 0.336 e. The van der Waals surface area contributed by atoms with E-state index in [1.54, 1.807) is 22.9 Å². The molecule has 1 aliphatic rings. The van der Waals surface area contributed by atoms with E-state index in [2.05, 4.69) is 35.8 Å². The average Bonchev–Trinajstić information content (AvgIpc) is 3.43. The Hall–Kier alpha value is -3.82. The van der Waals surface area contributed by atoms with Gasteiger partial charge in [-0.3, -0.25) is 4.79 Å². The Balaban J connectivity index is 1.30. The summed E-state index contributed by atoms with van der Waals surface area (Å²) in [5.74, 6) is 0.675. The second-order valence-electron chi connectivity index (χ2n) is 6.53. The van der Waals surface area contributed by atoms with Crippen LogP contribution < -0.4 is 4.90 Å². The number of carbonyl (C=O) groups excluding carboxylic acids is 1. The molecule has 1 saturated heterocycles. The van der Waals surface area contributed by atoms with Crippen molar-refractivity contribution in [1.29, 1.82) is 0 Å². The number of nitrogens with one attached hydrogen (secondary N) is 1. The number of hydrogen-bond donors (Lipinski definition) is 1. The number of aromatic nitrogens is 7. The number of para-hydroxylation sites is 1. The third-order valence-corrected chi connectivity index (χ3v) is 4.87. The molecular formula is C18H17N9O. The minimum Gasteiger partial charge on any atom is -0.336 e. The smallest absolute Gasteiger partial charge is 0.254 e. The summed E-state index contributed by atoms with van der Waals surface area (Å²) < 4.78 is 1.72. The van der Waals surface area contributed by atoms with Crippen LogP contribution in [0.1, 0.15) is 10.4 Å². The summed E-state index contributed by atoms with van der Waals surface area (Å²) in [6, 6.07) is 15.1. The molecule has 5 rings (SSSR count).